The maximum absolute atomic E-state index is 2.40. The summed E-state index contributed by atoms with van der Waals surface area (Å²) in [7, 11) is 0. The maximum atomic E-state index is 2.40. The van der Waals surface area contributed by atoms with Crippen LogP contribution in [-0.4, -0.2) is 0 Å². The molecule has 4 unspecified atom stereocenters. The summed E-state index contributed by atoms with van der Waals surface area (Å²) in [6.45, 7) is 2.40. The predicted octanol–water partition coefficient (Wildman–Crippen LogP) is 4.64. The molecule has 0 heterocycles. The summed E-state index contributed by atoms with van der Waals surface area (Å²) < 4.78 is 0. The van der Waals surface area contributed by atoms with Gasteiger partial charge < -0.3 is 0 Å². The Morgan fingerprint density at radius 1 is 0.800 bits per heavy atom. The Morgan fingerprint density at radius 2 is 1.53 bits per heavy atom. The van der Waals surface area contributed by atoms with Crippen molar-refractivity contribution >= 4 is 0 Å². The summed E-state index contributed by atoms with van der Waals surface area (Å²) in [6.07, 6.45) is 14.0. The van der Waals surface area contributed by atoms with E-state index in [1.807, 2.05) is 0 Å². The number of hydrogen-bond donors (Lipinski definition) is 0. The topological polar surface area (TPSA) is 0 Å². The molecule has 0 aromatic carbocycles. The van der Waals surface area contributed by atoms with Gasteiger partial charge in [-0.05, 0) is 55.3 Å². The zero-order chi connectivity index (χ0) is 10.3. The molecule has 0 nitrogen and oxygen atoms in total. The summed E-state index contributed by atoms with van der Waals surface area (Å²) >= 11 is 0. The molecule has 0 heteroatoms. The number of hydrogen-bond acceptors (Lipinski definition) is 0. The van der Waals surface area contributed by atoms with E-state index in [2.05, 4.69) is 6.92 Å². The lowest BCUT2D eigenvalue weighted by Gasteiger charge is -2.51. The molecule has 4 atom stereocenters. The fourth-order valence-corrected chi connectivity index (χ4v) is 4.87. The van der Waals surface area contributed by atoms with Gasteiger partial charge in [-0.1, -0.05) is 39.0 Å². The molecule has 3 saturated carbocycles. The van der Waals surface area contributed by atoms with Crippen molar-refractivity contribution in [2.24, 2.45) is 29.6 Å². The van der Waals surface area contributed by atoms with Crippen LogP contribution in [0.1, 0.15) is 64.7 Å². The van der Waals surface area contributed by atoms with Crippen molar-refractivity contribution < 1.29 is 0 Å². The highest BCUT2D eigenvalue weighted by Gasteiger charge is 2.44. The summed E-state index contributed by atoms with van der Waals surface area (Å²) in [6, 6.07) is 0. The van der Waals surface area contributed by atoms with Crippen LogP contribution in [0.3, 0.4) is 0 Å². The molecule has 0 aliphatic heterocycles. The van der Waals surface area contributed by atoms with Crippen molar-refractivity contribution in [3.05, 3.63) is 0 Å². The van der Waals surface area contributed by atoms with Crippen LogP contribution in [-0.2, 0) is 0 Å². The summed E-state index contributed by atoms with van der Waals surface area (Å²) in [5.74, 6) is 5.73. The highest BCUT2D eigenvalue weighted by Crippen LogP contribution is 2.54. The van der Waals surface area contributed by atoms with E-state index in [4.69, 9.17) is 0 Å². The van der Waals surface area contributed by atoms with Crippen molar-refractivity contribution in [3.8, 4) is 0 Å². The van der Waals surface area contributed by atoms with Crippen LogP contribution >= 0.6 is 0 Å². The first-order valence-electron chi connectivity index (χ1n) is 7.38. The average molecular weight is 206 g/mol. The molecule has 86 valence electrons. The minimum Gasteiger partial charge on any atom is -0.0651 e. The van der Waals surface area contributed by atoms with E-state index in [1.54, 1.807) is 38.5 Å². The first-order chi connectivity index (χ1) is 7.38. The van der Waals surface area contributed by atoms with E-state index in [0.29, 0.717) is 0 Å². The molecule has 0 aromatic heterocycles. The highest BCUT2D eigenvalue weighted by atomic mass is 14.5. The second-order valence-electron chi connectivity index (χ2n) is 6.45. The predicted molar refractivity (Wildman–Crippen MR) is 64.7 cm³/mol. The van der Waals surface area contributed by atoms with Crippen LogP contribution < -0.4 is 0 Å². The van der Waals surface area contributed by atoms with Crippen LogP contribution in [0.5, 0.6) is 0 Å². The first kappa shape index (κ1) is 10.2. The standard InChI is InChI=1S/C15H26/c1-2-11-9-14-8-7-13(10-15(11)14)12-5-3-4-6-12/h11-15H,2-10H2,1H3. The van der Waals surface area contributed by atoms with Crippen LogP contribution in [0.25, 0.3) is 0 Å². The monoisotopic (exact) mass is 206 g/mol. The van der Waals surface area contributed by atoms with E-state index >= 15 is 0 Å². The van der Waals surface area contributed by atoms with E-state index in [0.717, 1.165) is 29.6 Å². The zero-order valence-electron chi connectivity index (χ0n) is 10.3. The van der Waals surface area contributed by atoms with Gasteiger partial charge in [-0.15, -0.1) is 0 Å². The van der Waals surface area contributed by atoms with Gasteiger partial charge in [-0.2, -0.15) is 0 Å². The van der Waals surface area contributed by atoms with E-state index in [-0.39, 0.29) is 0 Å². The molecule has 0 saturated heterocycles. The summed E-state index contributed by atoms with van der Waals surface area (Å²) in [5.41, 5.74) is 0. The molecule has 3 aliphatic rings. The second-order valence-corrected chi connectivity index (χ2v) is 6.45. The lowest BCUT2D eigenvalue weighted by Crippen LogP contribution is -2.42. The molecule has 0 spiro atoms. The van der Waals surface area contributed by atoms with Crippen LogP contribution in [0.2, 0.25) is 0 Å². The first-order valence-corrected chi connectivity index (χ1v) is 7.38. The maximum Gasteiger partial charge on any atom is -0.0355 e. The SMILES string of the molecule is CCC1CC2CCC(C3CCCC3)CC12. The minimum atomic E-state index is 1.12. The normalized spacial score (nSPS) is 46.2. The fourth-order valence-electron chi connectivity index (χ4n) is 4.87. The summed E-state index contributed by atoms with van der Waals surface area (Å²) in [4.78, 5) is 0. The van der Waals surface area contributed by atoms with E-state index in [1.165, 1.54) is 19.3 Å². The van der Waals surface area contributed by atoms with Crippen LogP contribution in [0.15, 0.2) is 0 Å². The lowest BCUT2D eigenvalue weighted by molar-refractivity contribution is -0.00929. The van der Waals surface area contributed by atoms with E-state index in [9.17, 15) is 0 Å². The Bertz CT molecular complexity index is 210. The van der Waals surface area contributed by atoms with Crippen LogP contribution in [0, 0.1) is 29.6 Å². The van der Waals surface area contributed by atoms with Gasteiger partial charge in [0, 0.05) is 0 Å². The smallest absolute Gasteiger partial charge is 0.0355 e. The number of rotatable bonds is 2. The molecule has 3 fully saturated rings. The van der Waals surface area contributed by atoms with Gasteiger partial charge in [0.05, 0.1) is 0 Å². The van der Waals surface area contributed by atoms with Crippen molar-refractivity contribution in [1.29, 1.82) is 0 Å². The Balaban J connectivity index is 1.58. The van der Waals surface area contributed by atoms with Crippen LogP contribution in [0.4, 0.5) is 0 Å². The van der Waals surface area contributed by atoms with Gasteiger partial charge in [0.15, 0.2) is 0 Å². The molecule has 0 bridgehead atoms. The molecule has 0 aromatic rings. The van der Waals surface area contributed by atoms with Gasteiger partial charge >= 0.3 is 0 Å². The van der Waals surface area contributed by atoms with E-state index < -0.39 is 0 Å². The van der Waals surface area contributed by atoms with Gasteiger partial charge in [-0.3, -0.25) is 0 Å². The Kier molecular flexibility index (Phi) is 2.79. The fraction of sp³-hybridized carbons (Fsp3) is 1.00. The number of fused-ring (bicyclic) bond motifs is 1. The quantitative estimate of drug-likeness (QED) is 0.617. The van der Waals surface area contributed by atoms with Crippen molar-refractivity contribution in [2.75, 3.05) is 0 Å². The molecular weight excluding hydrogens is 180 g/mol. The molecule has 3 rings (SSSR count). The second kappa shape index (κ2) is 4.11. The third-order valence-corrected chi connectivity index (χ3v) is 5.89. The van der Waals surface area contributed by atoms with Gasteiger partial charge in [0.1, 0.15) is 0 Å². The molecular formula is C15H26. The zero-order valence-corrected chi connectivity index (χ0v) is 10.3. The Hall–Kier alpha value is 0. The van der Waals surface area contributed by atoms with Gasteiger partial charge in [0.2, 0.25) is 0 Å². The summed E-state index contributed by atoms with van der Waals surface area (Å²) in [5, 5.41) is 0. The molecule has 0 amide bonds. The largest absolute Gasteiger partial charge is 0.0651 e. The average Bonchev–Trinajstić information content (AvgIpc) is 2.73. The third kappa shape index (κ3) is 1.74. The van der Waals surface area contributed by atoms with Gasteiger partial charge in [-0.25, -0.2) is 0 Å². The minimum absolute atomic E-state index is 1.12. The Morgan fingerprint density at radius 3 is 2.27 bits per heavy atom. The third-order valence-electron chi connectivity index (χ3n) is 5.89. The molecule has 0 N–H and O–H groups in total. The lowest BCUT2D eigenvalue weighted by atomic mass is 9.54. The van der Waals surface area contributed by atoms with Gasteiger partial charge in [0.25, 0.3) is 0 Å². The molecule has 15 heavy (non-hydrogen) atoms. The van der Waals surface area contributed by atoms with Crippen molar-refractivity contribution in [1.82, 2.24) is 0 Å². The van der Waals surface area contributed by atoms with Crippen molar-refractivity contribution in [3.63, 3.8) is 0 Å². The highest BCUT2D eigenvalue weighted by molar-refractivity contribution is 4.95. The molecule has 0 radical (unpaired) electrons. The molecule has 3 aliphatic carbocycles. The Labute approximate surface area is 94.8 Å². The van der Waals surface area contributed by atoms with Crippen molar-refractivity contribution in [2.45, 2.75) is 64.7 Å².